The van der Waals surface area contributed by atoms with Crippen LogP contribution in [0.15, 0.2) is 63.6 Å². The highest BCUT2D eigenvalue weighted by molar-refractivity contribution is 7.98. The van der Waals surface area contributed by atoms with E-state index in [1.165, 1.54) is 17.8 Å². The molecule has 0 aliphatic carbocycles. The molecule has 0 saturated heterocycles. The van der Waals surface area contributed by atoms with Crippen molar-refractivity contribution < 1.29 is 13.5 Å². The molecule has 0 radical (unpaired) electrons. The molecule has 4 aromatic rings. The summed E-state index contributed by atoms with van der Waals surface area (Å²) in [4.78, 5) is 4.64. The Morgan fingerprint density at radius 1 is 1.15 bits per heavy atom. The third kappa shape index (κ3) is 4.01. The van der Waals surface area contributed by atoms with Crippen LogP contribution in [0, 0.1) is 5.82 Å². The first-order valence-electron chi connectivity index (χ1n) is 8.03. The van der Waals surface area contributed by atoms with E-state index in [4.69, 9.17) is 9.15 Å². The van der Waals surface area contributed by atoms with E-state index in [1.807, 2.05) is 29.6 Å². The summed E-state index contributed by atoms with van der Waals surface area (Å²) in [6.45, 7) is 0. The number of rotatable bonds is 6. The van der Waals surface area contributed by atoms with Crippen molar-refractivity contribution in [3.8, 4) is 27.8 Å². The Morgan fingerprint density at radius 3 is 2.89 bits per heavy atom. The smallest absolute Gasteiger partial charge is 0.277 e. The Bertz CT molecular complexity index is 1060. The molecular formula is C19H14FN3O2S2. The number of halogens is 1. The summed E-state index contributed by atoms with van der Waals surface area (Å²) in [6.07, 6.45) is 0. The van der Waals surface area contributed by atoms with Crippen molar-refractivity contribution in [1.82, 2.24) is 15.2 Å². The lowest BCUT2D eigenvalue weighted by atomic mass is 10.2. The van der Waals surface area contributed by atoms with Crippen LogP contribution in [-0.4, -0.2) is 22.3 Å². The van der Waals surface area contributed by atoms with Crippen molar-refractivity contribution in [2.24, 2.45) is 0 Å². The average molecular weight is 399 g/mol. The number of benzene rings is 2. The molecule has 0 amide bonds. The van der Waals surface area contributed by atoms with Crippen molar-refractivity contribution in [1.29, 1.82) is 0 Å². The number of aromatic nitrogens is 3. The molecule has 0 aliphatic heterocycles. The lowest BCUT2D eigenvalue weighted by Crippen LogP contribution is -1.85. The van der Waals surface area contributed by atoms with Gasteiger partial charge in [-0.2, -0.15) is 0 Å². The molecular weight excluding hydrogens is 385 g/mol. The molecule has 0 bridgehead atoms. The predicted octanol–water partition coefficient (Wildman–Crippen LogP) is 5.30. The zero-order chi connectivity index (χ0) is 18.6. The molecule has 0 N–H and O–H groups in total. The molecule has 0 aliphatic rings. The van der Waals surface area contributed by atoms with Gasteiger partial charge in [0.05, 0.1) is 18.4 Å². The van der Waals surface area contributed by atoms with Crippen molar-refractivity contribution in [3.05, 3.63) is 65.4 Å². The minimum absolute atomic E-state index is 0.172. The largest absolute Gasteiger partial charge is 0.497 e. The molecule has 2 aromatic carbocycles. The quantitative estimate of drug-likeness (QED) is 0.410. The average Bonchev–Trinajstić information content (AvgIpc) is 3.36. The van der Waals surface area contributed by atoms with Crippen molar-refractivity contribution in [2.75, 3.05) is 7.11 Å². The van der Waals surface area contributed by atoms with Crippen molar-refractivity contribution >= 4 is 23.1 Å². The van der Waals surface area contributed by atoms with Gasteiger partial charge in [0.1, 0.15) is 16.6 Å². The fraction of sp³-hybridized carbons (Fsp3) is 0.105. The zero-order valence-corrected chi connectivity index (χ0v) is 15.9. The highest BCUT2D eigenvalue weighted by Gasteiger charge is 2.13. The maximum absolute atomic E-state index is 13.8. The van der Waals surface area contributed by atoms with Gasteiger partial charge >= 0.3 is 0 Å². The standard InChI is InChI=1S/C19H14FN3O2S2/c1-24-14-6-4-5-12(9-14)18-21-13(10-26-18)11-27-19-23-22-17(25-19)15-7-2-3-8-16(15)20/h2-10H,11H2,1H3. The minimum Gasteiger partial charge on any atom is -0.497 e. The van der Waals surface area contributed by atoms with E-state index >= 15 is 0 Å². The second-order valence-corrected chi connectivity index (χ2v) is 7.30. The third-order valence-corrected chi connectivity index (χ3v) is 5.51. The molecule has 0 atom stereocenters. The van der Waals surface area contributed by atoms with Gasteiger partial charge in [-0.25, -0.2) is 9.37 Å². The number of hydrogen-bond donors (Lipinski definition) is 0. The first kappa shape index (κ1) is 17.7. The monoisotopic (exact) mass is 399 g/mol. The normalized spacial score (nSPS) is 10.9. The topological polar surface area (TPSA) is 61.0 Å². The fourth-order valence-corrected chi connectivity index (χ4v) is 3.99. The number of ether oxygens (including phenoxy) is 1. The number of thiazole rings is 1. The van der Waals surface area contributed by atoms with Gasteiger partial charge in [0.25, 0.3) is 11.1 Å². The van der Waals surface area contributed by atoms with Gasteiger partial charge in [-0.15, -0.1) is 21.5 Å². The van der Waals surface area contributed by atoms with Crippen LogP contribution in [0.5, 0.6) is 5.75 Å². The van der Waals surface area contributed by atoms with Crippen LogP contribution in [0.3, 0.4) is 0 Å². The van der Waals surface area contributed by atoms with E-state index in [0.717, 1.165) is 22.0 Å². The Hall–Kier alpha value is -2.71. The summed E-state index contributed by atoms with van der Waals surface area (Å²) in [7, 11) is 1.64. The van der Waals surface area contributed by atoms with Crippen LogP contribution in [-0.2, 0) is 5.75 Å². The molecule has 0 spiro atoms. The van der Waals surface area contributed by atoms with Gasteiger partial charge in [-0.05, 0) is 24.3 Å². The number of thioether (sulfide) groups is 1. The molecule has 5 nitrogen and oxygen atoms in total. The summed E-state index contributed by atoms with van der Waals surface area (Å²) in [6, 6.07) is 14.1. The maximum atomic E-state index is 13.8. The van der Waals surface area contributed by atoms with Crippen molar-refractivity contribution in [3.63, 3.8) is 0 Å². The van der Waals surface area contributed by atoms with E-state index in [9.17, 15) is 4.39 Å². The molecule has 27 heavy (non-hydrogen) atoms. The molecule has 2 heterocycles. The van der Waals surface area contributed by atoms with E-state index < -0.39 is 0 Å². The molecule has 4 rings (SSSR count). The second-order valence-electron chi connectivity index (χ2n) is 5.52. The molecule has 136 valence electrons. The van der Waals surface area contributed by atoms with Crippen LogP contribution in [0.25, 0.3) is 22.0 Å². The summed E-state index contributed by atoms with van der Waals surface area (Å²) in [5.41, 5.74) is 2.22. The zero-order valence-electron chi connectivity index (χ0n) is 14.3. The third-order valence-electron chi connectivity index (χ3n) is 3.72. The van der Waals surface area contributed by atoms with Crippen molar-refractivity contribution in [2.45, 2.75) is 11.0 Å². The van der Waals surface area contributed by atoms with Crippen LogP contribution < -0.4 is 4.74 Å². The van der Waals surface area contributed by atoms with Gasteiger partial charge < -0.3 is 9.15 Å². The first-order chi connectivity index (χ1) is 13.2. The van der Waals surface area contributed by atoms with Crippen LogP contribution in [0.4, 0.5) is 4.39 Å². The van der Waals surface area contributed by atoms with E-state index in [1.54, 1.807) is 36.6 Å². The molecule has 0 unspecified atom stereocenters. The summed E-state index contributed by atoms with van der Waals surface area (Å²) < 4.78 is 24.6. The van der Waals surface area contributed by atoms with Crippen LogP contribution in [0.1, 0.15) is 5.69 Å². The van der Waals surface area contributed by atoms with Gasteiger partial charge in [-0.3, -0.25) is 0 Å². The SMILES string of the molecule is COc1cccc(-c2nc(CSc3nnc(-c4ccccc4F)o3)cs2)c1. The Labute approximate surface area is 163 Å². The summed E-state index contributed by atoms with van der Waals surface area (Å²) in [5, 5.41) is 11.2. The maximum Gasteiger partial charge on any atom is 0.277 e. The Morgan fingerprint density at radius 2 is 2.04 bits per heavy atom. The molecule has 8 heteroatoms. The highest BCUT2D eigenvalue weighted by atomic mass is 32.2. The Balaban J connectivity index is 1.44. The van der Waals surface area contributed by atoms with Crippen LogP contribution >= 0.6 is 23.1 Å². The minimum atomic E-state index is -0.389. The lowest BCUT2D eigenvalue weighted by molar-refractivity contribution is 0.415. The number of hydrogen-bond acceptors (Lipinski definition) is 7. The number of methoxy groups -OCH3 is 1. The predicted molar refractivity (Wildman–Crippen MR) is 103 cm³/mol. The second kappa shape index (κ2) is 7.89. The number of nitrogens with zero attached hydrogens (tertiary/aromatic N) is 3. The molecule has 0 fully saturated rings. The highest BCUT2D eigenvalue weighted by Crippen LogP contribution is 2.30. The van der Waals surface area contributed by atoms with E-state index in [-0.39, 0.29) is 11.7 Å². The van der Waals surface area contributed by atoms with Gasteiger partial charge in [0, 0.05) is 16.7 Å². The summed E-state index contributed by atoms with van der Waals surface area (Å²) in [5.74, 6) is 1.16. The van der Waals surface area contributed by atoms with Crippen LogP contribution in [0.2, 0.25) is 0 Å². The molecule has 2 aromatic heterocycles. The lowest BCUT2D eigenvalue weighted by Gasteiger charge is -2.01. The van der Waals surface area contributed by atoms with E-state index in [2.05, 4.69) is 15.2 Å². The fourth-order valence-electron chi connectivity index (χ4n) is 2.41. The molecule has 0 saturated carbocycles. The van der Waals surface area contributed by atoms with Gasteiger partial charge in [0.2, 0.25) is 0 Å². The summed E-state index contributed by atoms with van der Waals surface area (Å²) >= 11 is 2.93. The first-order valence-corrected chi connectivity index (χ1v) is 9.89. The van der Waals surface area contributed by atoms with Gasteiger partial charge in [-0.1, -0.05) is 36.0 Å². The van der Waals surface area contributed by atoms with E-state index in [0.29, 0.717) is 16.5 Å². The van der Waals surface area contributed by atoms with Gasteiger partial charge in [0.15, 0.2) is 0 Å². The Kier molecular flexibility index (Phi) is 5.17.